The molecule has 0 aliphatic rings. The van der Waals surface area contributed by atoms with E-state index in [0.717, 1.165) is 11.1 Å². The summed E-state index contributed by atoms with van der Waals surface area (Å²) < 4.78 is 0. The van der Waals surface area contributed by atoms with Crippen molar-refractivity contribution >= 4 is 5.91 Å². The molecule has 0 unspecified atom stereocenters. The number of carbonyl (C=O) groups excluding carboxylic acids is 1. The van der Waals surface area contributed by atoms with Gasteiger partial charge >= 0.3 is 0 Å². The first-order valence-electron chi connectivity index (χ1n) is 7.64. The Morgan fingerprint density at radius 1 is 1.09 bits per heavy atom. The topological polar surface area (TPSA) is 43.8 Å². The molecular formula is C19H24N2O2. The molecule has 1 amide bonds. The molecule has 1 atom stereocenters. The van der Waals surface area contributed by atoms with E-state index >= 15 is 0 Å². The molecule has 0 heterocycles. The number of phenols is 1. The summed E-state index contributed by atoms with van der Waals surface area (Å²) in [5.74, 6) is 0.244. The molecule has 23 heavy (non-hydrogen) atoms. The maximum absolute atomic E-state index is 12.9. The smallest absolute Gasteiger partial charge is 0.244 e. The average Bonchev–Trinajstić information content (AvgIpc) is 2.49. The van der Waals surface area contributed by atoms with Gasteiger partial charge in [-0.1, -0.05) is 42.0 Å². The lowest BCUT2D eigenvalue weighted by Crippen LogP contribution is -2.38. The second kappa shape index (κ2) is 7.29. The Morgan fingerprint density at radius 3 is 2.30 bits per heavy atom. The van der Waals surface area contributed by atoms with Crippen LogP contribution in [0.3, 0.4) is 0 Å². The zero-order chi connectivity index (χ0) is 17.0. The third kappa shape index (κ3) is 4.33. The van der Waals surface area contributed by atoms with Crippen LogP contribution in [0.25, 0.3) is 0 Å². The van der Waals surface area contributed by atoms with Crippen molar-refractivity contribution in [2.75, 3.05) is 21.1 Å². The Hall–Kier alpha value is -2.33. The van der Waals surface area contributed by atoms with Crippen LogP contribution in [0.4, 0.5) is 0 Å². The van der Waals surface area contributed by atoms with E-state index in [1.54, 1.807) is 30.1 Å². The Morgan fingerprint density at radius 2 is 1.74 bits per heavy atom. The predicted molar refractivity (Wildman–Crippen MR) is 92.2 cm³/mol. The first-order valence-corrected chi connectivity index (χ1v) is 7.64. The molecule has 1 N–H and O–H groups in total. The van der Waals surface area contributed by atoms with Gasteiger partial charge in [-0.3, -0.25) is 9.69 Å². The van der Waals surface area contributed by atoms with Crippen LogP contribution < -0.4 is 0 Å². The molecular weight excluding hydrogens is 288 g/mol. The summed E-state index contributed by atoms with van der Waals surface area (Å²) in [7, 11) is 5.60. The Balaban J connectivity index is 2.18. The van der Waals surface area contributed by atoms with Crippen molar-refractivity contribution in [2.24, 2.45) is 0 Å². The van der Waals surface area contributed by atoms with E-state index in [2.05, 4.69) is 0 Å². The quantitative estimate of drug-likeness (QED) is 0.923. The molecule has 0 aliphatic carbocycles. The van der Waals surface area contributed by atoms with Gasteiger partial charge in [0.05, 0.1) is 0 Å². The molecule has 0 aromatic heterocycles. The normalized spacial score (nSPS) is 12.2. The number of benzene rings is 2. The molecule has 4 nitrogen and oxygen atoms in total. The van der Waals surface area contributed by atoms with Gasteiger partial charge in [0, 0.05) is 13.6 Å². The summed E-state index contributed by atoms with van der Waals surface area (Å²) in [6.45, 7) is 2.49. The summed E-state index contributed by atoms with van der Waals surface area (Å²) in [4.78, 5) is 16.5. The van der Waals surface area contributed by atoms with Crippen LogP contribution in [-0.2, 0) is 11.3 Å². The zero-order valence-electron chi connectivity index (χ0n) is 14.2. The third-order valence-electron chi connectivity index (χ3n) is 3.85. The highest BCUT2D eigenvalue weighted by atomic mass is 16.3. The Kier molecular flexibility index (Phi) is 5.40. The number of aryl methyl sites for hydroxylation is 1. The van der Waals surface area contributed by atoms with Crippen molar-refractivity contribution in [2.45, 2.75) is 19.5 Å². The highest BCUT2D eigenvalue weighted by Crippen LogP contribution is 2.22. The SMILES string of the molecule is Cc1ccc([C@@H](C(=O)N(C)Cc2cccc(O)c2)N(C)C)cc1. The van der Waals surface area contributed by atoms with E-state index in [-0.39, 0.29) is 17.7 Å². The molecule has 0 saturated carbocycles. The van der Waals surface area contributed by atoms with Crippen LogP contribution in [0.2, 0.25) is 0 Å². The summed E-state index contributed by atoms with van der Waals surface area (Å²) in [6, 6.07) is 14.7. The van der Waals surface area contributed by atoms with Crippen molar-refractivity contribution in [1.29, 1.82) is 0 Å². The lowest BCUT2D eigenvalue weighted by atomic mass is 10.0. The molecule has 2 aromatic rings. The summed E-state index contributed by atoms with van der Waals surface area (Å²) in [5.41, 5.74) is 3.06. The van der Waals surface area contributed by atoms with Crippen molar-refractivity contribution in [1.82, 2.24) is 9.80 Å². The first-order chi connectivity index (χ1) is 10.9. The number of amides is 1. The minimum atomic E-state index is -0.321. The minimum absolute atomic E-state index is 0.0298. The van der Waals surface area contributed by atoms with Gasteiger partial charge in [-0.25, -0.2) is 0 Å². The van der Waals surface area contributed by atoms with Gasteiger partial charge in [0.1, 0.15) is 11.8 Å². The Labute approximate surface area is 138 Å². The van der Waals surface area contributed by atoms with Gasteiger partial charge in [-0.05, 0) is 44.3 Å². The maximum atomic E-state index is 12.9. The van der Waals surface area contributed by atoms with E-state index in [9.17, 15) is 9.90 Å². The molecule has 0 bridgehead atoms. The van der Waals surface area contributed by atoms with Gasteiger partial charge in [0.2, 0.25) is 5.91 Å². The summed E-state index contributed by atoms with van der Waals surface area (Å²) in [6.07, 6.45) is 0. The second-order valence-corrected chi connectivity index (χ2v) is 6.14. The van der Waals surface area contributed by atoms with Crippen LogP contribution in [0.1, 0.15) is 22.7 Å². The molecule has 2 rings (SSSR count). The highest BCUT2D eigenvalue weighted by Gasteiger charge is 2.25. The van der Waals surface area contributed by atoms with Crippen molar-refractivity contribution in [3.8, 4) is 5.75 Å². The van der Waals surface area contributed by atoms with Crippen LogP contribution in [-0.4, -0.2) is 42.0 Å². The van der Waals surface area contributed by atoms with E-state index in [4.69, 9.17) is 0 Å². The van der Waals surface area contributed by atoms with E-state index in [1.165, 1.54) is 5.56 Å². The van der Waals surface area contributed by atoms with Gasteiger partial charge < -0.3 is 10.0 Å². The van der Waals surface area contributed by atoms with E-state index < -0.39 is 0 Å². The number of aromatic hydroxyl groups is 1. The number of phenolic OH excluding ortho intramolecular Hbond substituents is 1. The van der Waals surface area contributed by atoms with Gasteiger partial charge in [0.25, 0.3) is 0 Å². The molecule has 122 valence electrons. The van der Waals surface area contributed by atoms with E-state index in [0.29, 0.717) is 6.54 Å². The fourth-order valence-electron chi connectivity index (χ4n) is 2.63. The number of rotatable bonds is 5. The molecule has 0 radical (unpaired) electrons. The predicted octanol–water partition coefficient (Wildman–Crippen LogP) is 2.96. The fourth-order valence-corrected chi connectivity index (χ4v) is 2.63. The molecule has 0 fully saturated rings. The van der Waals surface area contributed by atoms with Gasteiger partial charge in [0.15, 0.2) is 0 Å². The number of likely N-dealkylation sites (N-methyl/N-ethyl adjacent to an activating group) is 2. The average molecular weight is 312 g/mol. The number of hydrogen-bond acceptors (Lipinski definition) is 3. The lowest BCUT2D eigenvalue weighted by molar-refractivity contribution is -0.135. The van der Waals surface area contributed by atoms with E-state index in [1.807, 2.05) is 56.3 Å². The standard InChI is InChI=1S/C19H24N2O2/c1-14-8-10-16(11-9-14)18(20(2)3)19(23)21(4)13-15-6-5-7-17(22)12-15/h5-12,18,22H,13H2,1-4H3/t18-/m0/s1. The molecule has 4 heteroatoms. The first kappa shape index (κ1) is 17.0. The Bertz CT molecular complexity index is 665. The number of nitrogens with zero attached hydrogens (tertiary/aromatic N) is 2. The lowest BCUT2D eigenvalue weighted by Gasteiger charge is -2.29. The van der Waals surface area contributed by atoms with Crippen molar-refractivity contribution in [3.05, 3.63) is 65.2 Å². The molecule has 0 aliphatic heterocycles. The van der Waals surface area contributed by atoms with Crippen LogP contribution in [0, 0.1) is 6.92 Å². The zero-order valence-corrected chi connectivity index (χ0v) is 14.2. The van der Waals surface area contributed by atoms with Crippen LogP contribution in [0.15, 0.2) is 48.5 Å². The van der Waals surface area contributed by atoms with Crippen molar-refractivity contribution in [3.63, 3.8) is 0 Å². The fraction of sp³-hybridized carbons (Fsp3) is 0.316. The molecule has 0 saturated heterocycles. The number of carbonyl (C=O) groups is 1. The number of hydrogen-bond donors (Lipinski definition) is 1. The van der Waals surface area contributed by atoms with Gasteiger partial charge in [-0.15, -0.1) is 0 Å². The van der Waals surface area contributed by atoms with Crippen LogP contribution in [0.5, 0.6) is 5.75 Å². The third-order valence-corrected chi connectivity index (χ3v) is 3.85. The maximum Gasteiger partial charge on any atom is 0.244 e. The second-order valence-electron chi connectivity index (χ2n) is 6.14. The summed E-state index contributed by atoms with van der Waals surface area (Å²) >= 11 is 0. The van der Waals surface area contributed by atoms with Crippen molar-refractivity contribution < 1.29 is 9.90 Å². The minimum Gasteiger partial charge on any atom is -0.508 e. The van der Waals surface area contributed by atoms with Gasteiger partial charge in [-0.2, -0.15) is 0 Å². The monoisotopic (exact) mass is 312 g/mol. The summed E-state index contributed by atoms with van der Waals surface area (Å²) in [5, 5.41) is 9.55. The van der Waals surface area contributed by atoms with Crippen LogP contribution >= 0.6 is 0 Å². The molecule has 2 aromatic carbocycles. The largest absolute Gasteiger partial charge is 0.508 e. The highest BCUT2D eigenvalue weighted by molar-refractivity contribution is 5.83. The molecule has 0 spiro atoms.